The van der Waals surface area contributed by atoms with Gasteiger partial charge in [-0.25, -0.2) is 0 Å². The second-order valence-corrected chi connectivity index (χ2v) is 4.93. The average molecular weight is 222 g/mol. The van der Waals surface area contributed by atoms with Gasteiger partial charge in [0.05, 0.1) is 4.32 Å². The van der Waals surface area contributed by atoms with E-state index >= 15 is 0 Å². The molecular weight excluding hydrogens is 206 g/mol. The molecule has 1 amide bonds. The predicted molar refractivity (Wildman–Crippen MR) is 50.9 cm³/mol. The first-order chi connectivity index (χ1) is 4.93. The summed E-state index contributed by atoms with van der Waals surface area (Å²) < 4.78 is -0.418. The molecule has 0 rings (SSSR count). The SMILES string of the molecule is CCN(CC)C(=O)C(C)(C)Br. The Morgan fingerprint density at radius 2 is 1.73 bits per heavy atom. The smallest absolute Gasteiger partial charge is 0.238 e. The van der Waals surface area contributed by atoms with Gasteiger partial charge in [0.2, 0.25) is 5.91 Å². The van der Waals surface area contributed by atoms with Crippen LogP contribution in [0.2, 0.25) is 0 Å². The third-order valence-electron chi connectivity index (χ3n) is 1.56. The van der Waals surface area contributed by atoms with E-state index in [-0.39, 0.29) is 5.91 Å². The van der Waals surface area contributed by atoms with Crippen molar-refractivity contribution in [3.8, 4) is 0 Å². The highest BCUT2D eigenvalue weighted by atomic mass is 79.9. The van der Waals surface area contributed by atoms with Crippen LogP contribution in [-0.2, 0) is 4.79 Å². The number of carbonyl (C=O) groups excluding carboxylic acids is 1. The van der Waals surface area contributed by atoms with Crippen LogP contribution in [0, 0.1) is 0 Å². The van der Waals surface area contributed by atoms with Gasteiger partial charge in [-0.05, 0) is 27.7 Å². The summed E-state index contributed by atoms with van der Waals surface area (Å²) in [4.78, 5) is 13.3. The Bertz CT molecular complexity index is 136. The predicted octanol–water partition coefficient (Wildman–Crippen LogP) is 2.03. The molecule has 0 bridgehead atoms. The van der Waals surface area contributed by atoms with Crippen LogP contribution in [0.5, 0.6) is 0 Å². The van der Waals surface area contributed by atoms with Crippen molar-refractivity contribution in [3.05, 3.63) is 0 Å². The molecule has 0 saturated heterocycles. The van der Waals surface area contributed by atoms with Crippen LogP contribution >= 0.6 is 15.9 Å². The van der Waals surface area contributed by atoms with Crippen molar-refractivity contribution in [2.45, 2.75) is 32.0 Å². The summed E-state index contributed by atoms with van der Waals surface area (Å²) in [6.45, 7) is 9.27. The summed E-state index contributed by atoms with van der Waals surface area (Å²) in [6.07, 6.45) is 0. The standard InChI is InChI=1S/C8H16BrNO/c1-5-10(6-2)7(11)8(3,4)9/h5-6H2,1-4H3. The fraction of sp³-hybridized carbons (Fsp3) is 0.875. The van der Waals surface area contributed by atoms with Crippen molar-refractivity contribution in [3.63, 3.8) is 0 Å². The van der Waals surface area contributed by atoms with Crippen LogP contribution < -0.4 is 0 Å². The number of alkyl halides is 1. The molecule has 0 heterocycles. The number of hydrogen-bond donors (Lipinski definition) is 0. The molecule has 3 heteroatoms. The average Bonchev–Trinajstić information content (AvgIpc) is 1.88. The summed E-state index contributed by atoms with van der Waals surface area (Å²) in [5.41, 5.74) is 0. The van der Waals surface area contributed by atoms with Gasteiger partial charge >= 0.3 is 0 Å². The Morgan fingerprint density at radius 1 is 1.36 bits per heavy atom. The topological polar surface area (TPSA) is 20.3 Å². The maximum atomic E-state index is 11.5. The highest BCUT2D eigenvalue weighted by Gasteiger charge is 2.27. The van der Waals surface area contributed by atoms with E-state index in [0.717, 1.165) is 13.1 Å². The molecule has 0 saturated carbocycles. The van der Waals surface area contributed by atoms with Gasteiger partial charge in [0.25, 0.3) is 0 Å². The first kappa shape index (κ1) is 11.0. The van der Waals surface area contributed by atoms with Crippen molar-refractivity contribution in [2.24, 2.45) is 0 Å². The Hall–Kier alpha value is -0.0500. The van der Waals surface area contributed by atoms with E-state index in [0.29, 0.717) is 0 Å². The van der Waals surface area contributed by atoms with E-state index in [1.54, 1.807) is 0 Å². The van der Waals surface area contributed by atoms with Crippen molar-refractivity contribution < 1.29 is 4.79 Å². The molecule has 0 radical (unpaired) electrons. The van der Waals surface area contributed by atoms with Crippen molar-refractivity contribution >= 4 is 21.8 Å². The lowest BCUT2D eigenvalue weighted by molar-refractivity contribution is -0.132. The fourth-order valence-corrected chi connectivity index (χ4v) is 1.14. The van der Waals surface area contributed by atoms with Crippen LogP contribution in [-0.4, -0.2) is 28.2 Å². The molecule has 0 aliphatic heterocycles. The monoisotopic (exact) mass is 221 g/mol. The molecule has 2 nitrogen and oxygen atoms in total. The van der Waals surface area contributed by atoms with Crippen LogP contribution in [0.15, 0.2) is 0 Å². The minimum absolute atomic E-state index is 0.155. The number of amides is 1. The number of rotatable bonds is 3. The zero-order valence-electron chi connectivity index (χ0n) is 7.65. The molecule has 66 valence electrons. The van der Waals surface area contributed by atoms with Gasteiger partial charge in [0, 0.05) is 13.1 Å². The normalized spacial score (nSPS) is 11.4. The molecule has 0 aromatic carbocycles. The van der Waals surface area contributed by atoms with Crippen LogP contribution in [0.25, 0.3) is 0 Å². The van der Waals surface area contributed by atoms with E-state index < -0.39 is 4.32 Å². The van der Waals surface area contributed by atoms with Gasteiger partial charge in [-0.1, -0.05) is 15.9 Å². The molecule has 0 aromatic rings. The zero-order valence-corrected chi connectivity index (χ0v) is 9.23. The molecule has 0 aliphatic carbocycles. The Morgan fingerprint density at radius 3 is 1.82 bits per heavy atom. The number of carbonyl (C=O) groups is 1. The van der Waals surface area contributed by atoms with Crippen molar-refractivity contribution in [1.82, 2.24) is 4.90 Å². The van der Waals surface area contributed by atoms with E-state index in [9.17, 15) is 4.79 Å². The summed E-state index contributed by atoms with van der Waals surface area (Å²) >= 11 is 3.33. The van der Waals surface area contributed by atoms with Crippen LogP contribution in [0.4, 0.5) is 0 Å². The second kappa shape index (κ2) is 4.10. The van der Waals surface area contributed by atoms with E-state index in [2.05, 4.69) is 15.9 Å². The lowest BCUT2D eigenvalue weighted by Gasteiger charge is -2.25. The van der Waals surface area contributed by atoms with Crippen LogP contribution in [0.1, 0.15) is 27.7 Å². The summed E-state index contributed by atoms with van der Waals surface area (Å²) in [7, 11) is 0. The summed E-state index contributed by atoms with van der Waals surface area (Å²) in [5, 5.41) is 0. The zero-order chi connectivity index (χ0) is 9.07. The molecule has 0 fully saturated rings. The number of nitrogens with zero attached hydrogens (tertiary/aromatic N) is 1. The Labute approximate surface area is 77.1 Å². The molecule has 0 unspecified atom stereocenters. The van der Waals surface area contributed by atoms with Gasteiger partial charge < -0.3 is 4.90 Å². The first-order valence-corrected chi connectivity index (χ1v) is 4.71. The Balaban J connectivity index is 4.22. The molecule has 0 atom stereocenters. The van der Waals surface area contributed by atoms with Gasteiger partial charge in [-0.3, -0.25) is 4.79 Å². The quantitative estimate of drug-likeness (QED) is 0.669. The molecule has 11 heavy (non-hydrogen) atoms. The van der Waals surface area contributed by atoms with Gasteiger partial charge in [-0.2, -0.15) is 0 Å². The minimum atomic E-state index is -0.418. The van der Waals surface area contributed by atoms with E-state index in [1.807, 2.05) is 32.6 Å². The van der Waals surface area contributed by atoms with E-state index in [1.165, 1.54) is 0 Å². The fourth-order valence-electron chi connectivity index (χ4n) is 0.887. The lowest BCUT2D eigenvalue weighted by atomic mass is 10.2. The molecule has 0 aromatic heterocycles. The van der Waals surface area contributed by atoms with Gasteiger partial charge in [0.1, 0.15) is 0 Å². The molecule has 0 aliphatic rings. The first-order valence-electron chi connectivity index (χ1n) is 3.91. The number of halogens is 1. The second-order valence-electron chi connectivity index (χ2n) is 2.95. The molecular formula is C8H16BrNO. The molecule has 0 N–H and O–H groups in total. The third-order valence-corrected chi connectivity index (χ3v) is 1.90. The van der Waals surface area contributed by atoms with Gasteiger partial charge in [0.15, 0.2) is 0 Å². The van der Waals surface area contributed by atoms with Crippen molar-refractivity contribution in [2.75, 3.05) is 13.1 Å². The summed E-state index contributed by atoms with van der Waals surface area (Å²) in [6, 6.07) is 0. The van der Waals surface area contributed by atoms with Crippen molar-refractivity contribution in [1.29, 1.82) is 0 Å². The highest BCUT2D eigenvalue weighted by molar-refractivity contribution is 9.10. The maximum Gasteiger partial charge on any atom is 0.238 e. The number of hydrogen-bond acceptors (Lipinski definition) is 1. The van der Waals surface area contributed by atoms with Crippen LogP contribution in [0.3, 0.4) is 0 Å². The third kappa shape index (κ3) is 3.23. The largest absolute Gasteiger partial charge is 0.342 e. The van der Waals surface area contributed by atoms with E-state index in [4.69, 9.17) is 0 Å². The highest BCUT2D eigenvalue weighted by Crippen LogP contribution is 2.18. The minimum Gasteiger partial charge on any atom is -0.342 e. The maximum absolute atomic E-state index is 11.5. The van der Waals surface area contributed by atoms with Gasteiger partial charge in [-0.15, -0.1) is 0 Å². The lowest BCUT2D eigenvalue weighted by Crippen LogP contribution is -2.41. The Kier molecular flexibility index (Phi) is 4.08. The summed E-state index contributed by atoms with van der Waals surface area (Å²) in [5.74, 6) is 0.155. The molecule has 0 spiro atoms.